The topological polar surface area (TPSA) is 56.6 Å². The van der Waals surface area contributed by atoms with Gasteiger partial charge in [0.1, 0.15) is 12.0 Å². The molecule has 0 aliphatic carbocycles. The van der Waals surface area contributed by atoms with Crippen molar-refractivity contribution < 1.29 is 18.7 Å². The van der Waals surface area contributed by atoms with E-state index in [1.54, 1.807) is 12.3 Å². The van der Waals surface area contributed by atoms with Crippen molar-refractivity contribution in [3.63, 3.8) is 0 Å². The third-order valence-corrected chi connectivity index (χ3v) is 6.39. The lowest BCUT2D eigenvalue weighted by molar-refractivity contribution is -0.127. The molecule has 1 aromatic carbocycles. The van der Waals surface area contributed by atoms with Gasteiger partial charge in [0.25, 0.3) is 0 Å². The number of nitrogens with zero attached hydrogens (tertiary/aromatic N) is 3. The van der Waals surface area contributed by atoms with Crippen molar-refractivity contribution in [1.29, 1.82) is 0 Å². The molecule has 5 rings (SSSR count). The van der Waals surface area contributed by atoms with Gasteiger partial charge in [0.2, 0.25) is 5.91 Å². The van der Waals surface area contributed by atoms with Crippen molar-refractivity contribution in [3.8, 4) is 11.1 Å². The Morgan fingerprint density at radius 1 is 1.16 bits per heavy atom. The molecule has 0 N–H and O–H groups in total. The molecule has 0 saturated carbocycles. The van der Waals surface area contributed by atoms with Gasteiger partial charge >= 0.3 is 0 Å². The van der Waals surface area contributed by atoms with Gasteiger partial charge in [-0.1, -0.05) is 18.2 Å². The largest absolute Gasteiger partial charge is 0.369 e. The fourth-order valence-corrected chi connectivity index (χ4v) is 4.60. The van der Waals surface area contributed by atoms with Crippen LogP contribution in [0.4, 0.5) is 4.39 Å². The summed E-state index contributed by atoms with van der Waals surface area (Å²) in [4.78, 5) is 13.7. The molecule has 2 unspecified atom stereocenters. The highest BCUT2D eigenvalue weighted by atomic mass is 19.1. The number of ether oxygens (including phenoxy) is 2. The van der Waals surface area contributed by atoms with Crippen molar-refractivity contribution in [3.05, 3.63) is 53.6 Å². The van der Waals surface area contributed by atoms with Crippen LogP contribution >= 0.6 is 0 Å². The highest BCUT2D eigenvalue weighted by Gasteiger charge is 2.25. The highest BCUT2D eigenvalue weighted by molar-refractivity contribution is 5.78. The highest BCUT2D eigenvalue weighted by Crippen LogP contribution is 2.32. The van der Waals surface area contributed by atoms with Crippen LogP contribution in [0.3, 0.4) is 0 Å². The quantitative estimate of drug-likeness (QED) is 0.667. The van der Waals surface area contributed by atoms with E-state index in [9.17, 15) is 9.18 Å². The standard InChI is InChI=1S/C24H28FN3O3/c25-21-12-18(19-13-26-28(15-19)24-5-1-2-11-30-24)7-8-20(21)22-9-6-17(16-31-22)14-27-10-3-4-23(27)29/h6-8,12-13,15,22,24H,1-5,9-11,14,16H2. The van der Waals surface area contributed by atoms with Gasteiger partial charge in [-0.15, -0.1) is 0 Å². The fourth-order valence-electron chi connectivity index (χ4n) is 4.60. The third kappa shape index (κ3) is 4.43. The summed E-state index contributed by atoms with van der Waals surface area (Å²) in [6.45, 7) is 2.64. The number of likely N-dealkylation sites (tertiary alicyclic amines) is 1. The van der Waals surface area contributed by atoms with Gasteiger partial charge in [-0.25, -0.2) is 9.07 Å². The van der Waals surface area contributed by atoms with Gasteiger partial charge < -0.3 is 14.4 Å². The summed E-state index contributed by atoms with van der Waals surface area (Å²) in [7, 11) is 0. The van der Waals surface area contributed by atoms with Gasteiger partial charge in [-0.3, -0.25) is 4.79 Å². The van der Waals surface area contributed by atoms with Gasteiger partial charge in [0, 0.05) is 43.4 Å². The molecule has 0 radical (unpaired) electrons. The maximum absolute atomic E-state index is 15.0. The van der Waals surface area contributed by atoms with Gasteiger partial charge in [0.05, 0.1) is 18.9 Å². The molecule has 2 atom stereocenters. The van der Waals surface area contributed by atoms with E-state index in [0.29, 0.717) is 31.6 Å². The number of benzene rings is 1. The molecular formula is C24H28FN3O3. The monoisotopic (exact) mass is 425 g/mol. The number of halogens is 1. The second-order valence-corrected chi connectivity index (χ2v) is 8.58. The number of carbonyl (C=O) groups is 1. The zero-order valence-electron chi connectivity index (χ0n) is 17.6. The molecule has 31 heavy (non-hydrogen) atoms. The summed E-state index contributed by atoms with van der Waals surface area (Å²) >= 11 is 0. The molecule has 1 amide bonds. The Morgan fingerprint density at radius 2 is 2.10 bits per heavy atom. The number of hydrogen-bond donors (Lipinski definition) is 0. The Kier molecular flexibility index (Phi) is 5.87. The molecule has 2 fully saturated rings. The van der Waals surface area contributed by atoms with Crippen molar-refractivity contribution in [2.75, 3.05) is 26.3 Å². The lowest BCUT2D eigenvalue weighted by atomic mass is 9.99. The second kappa shape index (κ2) is 8.93. The van der Waals surface area contributed by atoms with Crippen LogP contribution in [0.1, 0.15) is 56.4 Å². The number of rotatable bonds is 5. The predicted octanol–water partition coefficient (Wildman–Crippen LogP) is 4.40. The Bertz CT molecular complexity index is 980. The van der Waals surface area contributed by atoms with E-state index in [0.717, 1.165) is 55.5 Å². The van der Waals surface area contributed by atoms with Crippen LogP contribution < -0.4 is 0 Å². The first-order valence-corrected chi connectivity index (χ1v) is 11.2. The maximum atomic E-state index is 15.0. The molecule has 0 spiro atoms. The maximum Gasteiger partial charge on any atom is 0.222 e. The van der Waals surface area contributed by atoms with E-state index >= 15 is 0 Å². The smallest absolute Gasteiger partial charge is 0.222 e. The van der Waals surface area contributed by atoms with Crippen molar-refractivity contribution in [2.45, 2.75) is 50.9 Å². The summed E-state index contributed by atoms with van der Waals surface area (Å²) in [5.74, 6) is -0.0567. The summed E-state index contributed by atoms with van der Waals surface area (Å²) in [6.07, 6.45) is 10.8. The Balaban J connectivity index is 1.25. The number of hydrogen-bond acceptors (Lipinski definition) is 4. The molecular weight excluding hydrogens is 397 g/mol. The van der Waals surface area contributed by atoms with Gasteiger partial charge in [0.15, 0.2) is 0 Å². The zero-order chi connectivity index (χ0) is 21.2. The average Bonchev–Trinajstić information content (AvgIpc) is 3.45. The molecule has 3 aliphatic heterocycles. The Hall–Kier alpha value is -2.51. The van der Waals surface area contributed by atoms with E-state index in [1.165, 1.54) is 0 Å². The van der Waals surface area contributed by atoms with E-state index in [1.807, 2.05) is 27.9 Å². The zero-order valence-corrected chi connectivity index (χ0v) is 17.6. The predicted molar refractivity (Wildman–Crippen MR) is 114 cm³/mol. The summed E-state index contributed by atoms with van der Waals surface area (Å²) in [5, 5.41) is 4.42. The van der Waals surface area contributed by atoms with Gasteiger partial charge in [-0.2, -0.15) is 5.10 Å². The molecule has 6 nitrogen and oxygen atoms in total. The first-order chi connectivity index (χ1) is 15.2. The molecule has 2 aromatic rings. The third-order valence-electron chi connectivity index (χ3n) is 6.39. The molecule has 2 saturated heterocycles. The molecule has 7 heteroatoms. The SMILES string of the molecule is O=C1CCCN1CC1=CCC(c2ccc(-c3cnn(C4CCCCO4)c3)cc2F)OC1. The van der Waals surface area contributed by atoms with Gasteiger partial charge in [-0.05, 0) is 49.3 Å². The lowest BCUT2D eigenvalue weighted by Gasteiger charge is -2.26. The molecule has 1 aromatic heterocycles. The Labute approximate surface area is 181 Å². The summed E-state index contributed by atoms with van der Waals surface area (Å²) in [5.41, 5.74) is 3.34. The van der Waals surface area contributed by atoms with Crippen LogP contribution in [-0.4, -0.2) is 46.9 Å². The van der Waals surface area contributed by atoms with E-state index in [2.05, 4.69) is 11.2 Å². The van der Waals surface area contributed by atoms with E-state index in [4.69, 9.17) is 9.47 Å². The van der Waals surface area contributed by atoms with Crippen molar-refractivity contribution in [1.82, 2.24) is 14.7 Å². The Morgan fingerprint density at radius 3 is 2.81 bits per heavy atom. The first kappa shape index (κ1) is 20.4. The van der Waals surface area contributed by atoms with Crippen LogP contribution in [0.15, 0.2) is 42.2 Å². The average molecular weight is 426 g/mol. The molecule has 4 heterocycles. The lowest BCUT2D eigenvalue weighted by Crippen LogP contribution is -2.29. The van der Waals surface area contributed by atoms with Crippen molar-refractivity contribution >= 4 is 5.91 Å². The van der Waals surface area contributed by atoms with Crippen LogP contribution in [0.2, 0.25) is 0 Å². The minimum Gasteiger partial charge on any atom is -0.369 e. The van der Waals surface area contributed by atoms with Crippen LogP contribution in [0.25, 0.3) is 11.1 Å². The molecule has 0 bridgehead atoms. The fraction of sp³-hybridized carbons (Fsp3) is 0.500. The number of aromatic nitrogens is 2. The second-order valence-electron chi connectivity index (χ2n) is 8.58. The van der Waals surface area contributed by atoms with E-state index < -0.39 is 0 Å². The van der Waals surface area contributed by atoms with E-state index in [-0.39, 0.29) is 24.1 Å². The van der Waals surface area contributed by atoms with Crippen LogP contribution in [-0.2, 0) is 14.3 Å². The van der Waals surface area contributed by atoms with Crippen LogP contribution in [0.5, 0.6) is 0 Å². The first-order valence-electron chi connectivity index (χ1n) is 11.2. The van der Waals surface area contributed by atoms with Crippen LogP contribution in [0, 0.1) is 5.82 Å². The molecule has 3 aliphatic rings. The number of amides is 1. The molecule has 164 valence electrons. The minimum absolute atomic E-state index is 0.0286. The number of carbonyl (C=O) groups excluding carboxylic acids is 1. The minimum atomic E-state index is -0.301. The van der Waals surface area contributed by atoms with Crippen molar-refractivity contribution in [2.24, 2.45) is 0 Å². The summed E-state index contributed by atoms with van der Waals surface area (Å²) < 4.78 is 28.5. The normalized spacial score (nSPS) is 24.5. The summed E-state index contributed by atoms with van der Waals surface area (Å²) in [6, 6.07) is 5.30.